The van der Waals surface area contributed by atoms with Crippen LogP contribution in [0.2, 0.25) is 0 Å². The van der Waals surface area contributed by atoms with Gasteiger partial charge in [-0.15, -0.1) is 0 Å². The maximum atomic E-state index is 11.6. The minimum absolute atomic E-state index is 0.0851. The maximum absolute atomic E-state index is 11.6. The first-order valence-corrected chi connectivity index (χ1v) is 6.24. The molecule has 0 unspecified atom stereocenters. The molecule has 0 aromatic rings. The zero-order valence-electron chi connectivity index (χ0n) is 7.12. The number of hydrogen-bond donors (Lipinski definition) is 1. The minimum Gasteiger partial charge on any atom is -0.212 e. The van der Waals surface area contributed by atoms with Crippen molar-refractivity contribution in [2.45, 2.75) is 49.8 Å². The van der Waals surface area contributed by atoms with E-state index in [1.165, 1.54) is 0 Å². The molecule has 0 radical (unpaired) electrons. The summed E-state index contributed by atoms with van der Waals surface area (Å²) in [6.07, 6.45) is 5.95. The lowest BCUT2D eigenvalue weighted by atomic mass is 10.4. The molecule has 2 saturated carbocycles. The van der Waals surface area contributed by atoms with Crippen LogP contribution in [0.5, 0.6) is 0 Å². The van der Waals surface area contributed by atoms with Crippen molar-refractivity contribution < 1.29 is 8.42 Å². The van der Waals surface area contributed by atoms with Crippen molar-refractivity contribution in [1.29, 1.82) is 0 Å². The average Bonchev–Trinajstić information content (AvgIpc) is 2.67. The van der Waals surface area contributed by atoms with Crippen molar-refractivity contribution in [1.82, 2.24) is 4.72 Å². The molecular formula is C8H15NO2S. The van der Waals surface area contributed by atoms with E-state index in [9.17, 15) is 8.42 Å². The first-order valence-electron chi connectivity index (χ1n) is 4.69. The van der Waals surface area contributed by atoms with E-state index in [0.717, 1.165) is 38.5 Å². The molecule has 0 aliphatic heterocycles. The van der Waals surface area contributed by atoms with Gasteiger partial charge < -0.3 is 0 Å². The van der Waals surface area contributed by atoms with Gasteiger partial charge in [-0.25, -0.2) is 13.1 Å². The quantitative estimate of drug-likeness (QED) is 0.720. The Morgan fingerprint density at radius 1 is 1.00 bits per heavy atom. The summed E-state index contributed by atoms with van der Waals surface area (Å²) in [7, 11) is -2.95. The Kier molecular flexibility index (Phi) is 2.12. The molecule has 0 aromatic carbocycles. The largest absolute Gasteiger partial charge is 0.214 e. The van der Waals surface area contributed by atoms with Gasteiger partial charge in [0.25, 0.3) is 0 Å². The van der Waals surface area contributed by atoms with Gasteiger partial charge in [0.15, 0.2) is 0 Å². The zero-order chi connectivity index (χ0) is 8.60. The van der Waals surface area contributed by atoms with Crippen molar-refractivity contribution >= 4 is 10.0 Å². The van der Waals surface area contributed by atoms with Gasteiger partial charge in [-0.1, -0.05) is 12.8 Å². The summed E-state index contributed by atoms with van der Waals surface area (Å²) >= 11 is 0. The van der Waals surface area contributed by atoms with Crippen molar-refractivity contribution in [3.63, 3.8) is 0 Å². The molecule has 2 aliphatic carbocycles. The van der Waals surface area contributed by atoms with Crippen LogP contribution >= 0.6 is 0 Å². The Morgan fingerprint density at radius 3 is 2.08 bits per heavy atom. The van der Waals surface area contributed by atoms with Crippen LogP contribution in [0, 0.1) is 0 Å². The fourth-order valence-corrected chi connectivity index (χ4v) is 3.58. The monoisotopic (exact) mass is 189 g/mol. The Labute approximate surface area is 73.6 Å². The highest BCUT2D eigenvalue weighted by Gasteiger charge is 2.33. The lowest BCUT2D eigenvalue weighted by Crippen LogP contribution is -2.34. The third-order valence-electron chi connectivity index (χ3n) is 2.65. The van der Waals surface area contributed by atoms with Crippen molar-refractivity contribution in [2.75, 3.05) is 0 Å². The summed E-state index contributed by atoms with van der Waals surface area (Å²) in [5.74, 6) is 0. The highest BCUT2D eigenvalue weighted by atomic mass is 32.2. The van der Waals surface area contributed by atoms with Crippen molar-refractivity contribution in [3.05, 3.63) is 0 Å². The molecular weight excluding hydrogens is 174 g/mol. The van der Waals surface area contributed by atoms with E-state index >= 15 is 0 Å². The van der Waals surface area contributed by atoms with E-state index in [4.69, 9.17) is 0 Å². The Bertz CT molecular complexity index is 250. The molecule has 2 fully saturated rings. The first kappa shape index (κ1) is 8.51. The average molecular weight is 189 g/mol. The molecule has 0 amide bonds. The van der Waals surface area contributed by atoms with Gasteiger partial charge in [0.2, 0.25) is 10.0 Å². The SMILES string of the molecule is O=S(=O)(NC1CC1)C1CCCC1. The summed E-state index contributed by atoms with van der Waals surface area (Å²) in [4.78, 5) is 0. The van der Waals surface area contributed by atoms with Crippen molar-refractivity contribution in [2.24, 2.45) is 0 Å². The lowest BCUT2D eigenvalue weighted by molar-refractivity contribution is 0.564. The van der Waals surface area contributed by atoms with E-state index in [0.29, 0.717) is 0 Å². The molecule has 1 N–H and O–H groups in total. The molecule has 70 valence electrons. The van der Waals surface area contributed by atoms with E-state index < -0.39 is 10.0 Å². The van der Waals surface area contributed by atoms with E-state index in [1.807, 2.05) is 0 Å². The minimum atomic E-state index is -2.95. The zero-order valence-corrected chi connectivity index (χ0v) is 7.94. The maximum Gasteiger partial charge on any atom is 0.214 e. The van der Waals surface area contributed by atoms with E-state index in [-0.39, 0.29) is 11.3 Å². The third-order valence-corrected chi connectivity index (χ3v) is 4.66. The van der Waals surface area contributed by atoms with Crippen LogP contribution in [0.3, 0.4) is 0 Å². The summed E-state index contributed by atoms with van der Waals surface area (Å²) < 4.78 is 25.9. The fourth-order valence-electron chi connectivity index (χ4n) is 1.73. The molecule has 2 rings (SSSR count). The number of rotatable bonds is 3. The molecule has 12 heavy (non-hydrogen) atoms. The van der Waals surface area contributed by atoms with E-state index in [2.05, 4.69) is 4.72 Å². The molecule has 0 bridgehead atoms. The molecule has 0 saturated heterocycles. The van der Waals surface area contributed by atoms with Crippen LogP contribution in [0.4, 0.5) is 0 Å². The first-order chi connectivity index (χ1) is 5.68. The van der Waals surface area contributed by atoms with Crippen LogP contribution in [0.1, 0.15) is 38.5 Å². The van der Waals surface area contributed by atoms with Crippen LogP contribution in [-0.2, 0) is 10.0 Å². The predicted octanol–water partition coefficient (Wildman–Crippen LogP) is 1.01. The molecule has 0 spiro atoms. The fraction of sp³-hybridized carbons (Fsp3) is 1.00. The molecule has 0 heterocycles. The summed E-state index contributed by atoms with van der Waals surface area (Å²) in [5.41, 5.74) is 0. The Morgan fingerprint density at radius 2 is 1.58 bits per heavy atom. The number of hydrogen-bond acceptors (Lipinski definition) is 2. The normalized spacial score (nSPS) is 26.3. The number of nitrogens with one attached hydrogen (secondary N) is 1. The second-order valence-electron chi connectivity index (χ2n) is 3.84. The van der Waals surface area contributed by atoms with Gasteiger partial charge in [0, 0.05) is 6.04 Å². The predicted molar refractivity (Wildman–Crippen MR) is 47.3 cm³/mol. The molecule has 4 heteroatoms. The standard InChI is InChI=1S/C8H15NO2S/c10-12(11,9-7-5-6-7)8-3-1-2-4-8/h7-9H,1-6H2. The summed E-state index contributed by atoms with van der Waals surface area (Å²) in [6.45, 7) is 0. The van der Waals surface area contributed by atoms with Gasteiger partial charge in [0.1, 0.15) is 0 Å². The molecule has 0 atom stereocenters. The van der Waals surface area contributed by atoms with E-state index in [1.54, 1.807) is 0 Å². The van der Waals surface area contributed by atoms with Gasteiger partial charge in [-0.2, -0.15) is 0 Å². The Balaban J connectivity index is 1.97. The highest BCUT2D eigenvalue weighted by molar-refractivity contribution is 7.90. The second-order valence-corrected chi connectivity index (χ2v) is 5.84. The third kappa shape index (κ3) is 1.80. The lowest BCUT2D eigenvalue weighted by Gasteiger charge is -2.10. The van der Waals surface area contributed by atoms with Crippen LogP contribution in [0.15, 0.2) is 0 Å². The second kappa shape index (κ2) is 3.00. The highest BCUT2D eigenvalue weighted by Crippen LogP contribution is 2.27. The van der Waals surface area contributed by atoms with Crippen LogP contribution in [-0.4, -0.2) is 19.7 Å². The Hall–Kier alpha value is -0.0900. The smallest absolute Gasteiger partial charge is 0.212 e. The van der Waals surface area contributed by atoms with Gasteiger partial charge >= 0.3 is 0 Å². The van der Waals surface area contributed by atoms with Gasteiger partial charge in [0.05, 0.1) is 5.25 Å². The van der Waals surface area contributed by atoms with Crippen molar-refractivity contribution in [3.8, 4) is 0 Å². The number of sulfonamides is 1. The topological polar surface area (TPSA) is 46.2 Å². The summed E-state index contributed by atoms with van der Waals surface area (Å²) in [6, 6.07) is 0.274. The molecule has 2 aliphatic rings. The van der Waals surface area contributed by atoms with Gasteiger partial charge in [-0.3, -0.25) is 0 Å². The molecule has 3 nitrogen and oxygen atoms in total. The van der Waals surface area contributed by atoms with Gasteiger partial charge in [-0.05, 0) is 25.7 Å². The molecule has 0 aromatic heterocycles. The van der Waals surface area contributed by atoms with Crippen LogP contribution < -0.4 is 4.72 Å². The van der Waals surface area contributed by atoms with Crippen LogP contribution in [0.25, 0.3) is 0 Å². The summed E-state index contributed by atoms with van der Waals surface area (Å²) in [5, 5.41) is -0.0851.